The molecule has 0 aliphatic carbocycles. The SMILES string of the molecule is O=C(O)C(=O)O.c1ccc2c(CC(CSCCN3CCCCC3)CC3CCCO3)cccc2c1. The van der Waals surface area contributed by atoms with Crippen LogP contribution in [0.4, 0.5) is 0 Å². The molecule has 34 heavy (non-hydrogen) atoms. The Bertz CT molecular complexity index is 892. The summed E-state index contributed by atoms with van der Waals surface area (Å²) < 4.78 is 5.99. The Morgan fingerprint density at radius 3 is 2.44 bits per heavy atom. The van der Waals surface area contributed by atoms with E-state index < -0.39 is 11.9 Å². The fourth-order valence-corrected chi connectivity index (χ4v) is 5.96. The number of carboxylic acids is 2. The molecule has 0 spiro atoms. The van der Waals surface area contributed by atoms with E-state index in [4.69, 9.17) is 24.5 Å². The van der Waals surface area contributed by atoms with Crippen molar-refractivity contribution in [3.05, 3.63) is 48.0 Å². The topological polar surface area (TPSA) is 87.1 Å². The fraction of sp³-hybridized carbons (Fsp3) is 0.556. The van der Waals surface area contributed by atoms with Crippen molar-refractivity contribution in [2.75, 3.05) is 37.7 Å². The molecule has 2 fully saturated rings. The summed E-state index contributed by atoms with van der Waals surface area (Å²) >= 11 is 2.17. The number of hydrogen-bond acceptors (Lipinski definition) is 5. The molecule has 0 radical (unpaired) electrons. The zero-order chi connectivity index (χ0) is 24.2. The molecule has 2 aromatic carbocycles. The summed E-state index contributed by atoms with van der Waals surface area (Å²) in [6.07, 6.45) is 9.61. The summed E-state index contributed by atoms with van der Waals surface area (Å²) in [4.78, 5) is 20.9. The maximum Gasteiger partial charge on any atom is 0.414 e. The number of carboxylic acid groups (broad SMARTS) is 2. The molecule has 2 atom stereocenters. The molecular weight excluding hydrogens is 450 g/mol. The van der Waals surface area contributed by atoms with Crippen molar-refractivity contribution in [1.82, 2.24) is 4.90 Å². The third-order valence-corrected chi connectivity index (χ3v) is 7.72. The Morgan fingerprint density at radius 2 is 1.74 bits per heavy atom. The van der Waals surface area contributed by atoms with Crippen LogP contribution in [-0.4, -0.2) is 70.9 Å². The molecular formula is C27H37NO5S. The van der Waals surface area contributed by atoms with Crippen LogP contribution in [0.25, 0.3) is 10.8 Å². The molecule has 4 rings (SSSR count). The Morgan fingerprint density at radius 1 is 1.00 bits per heavy atom. The molecule has 186 valence electrons. The quantitative estimate of drug-likeness (QED) is 0.383. The average Bonchev–Trinajstić information content (AvgIpc) is 3.36. The number of piperidine rings is 1. The highest BCUT2D eigenvalue weighted by atomic mass is 32.2. The lowest BCUT2D eigenvalue weighted by atomic mass is 9.91. The molecule has 2 heterocycles. The normalized spacial score (nSPS) is 19.4. The highest BCUT2D eigenvalue weighted by molar-refractivity contribution is 7.99. The molecule has 2 aromatic rings. The summed E-state index contributed by atoms with van der Waals surface area (Å²) in [5, 5.41) is 17.6. The summed E-state index contributed by atoms with van der Waals surface area (Å²) in [7, 11) is 0. The van der Waals surface area contributed by atoms with Crippen LogP contribution in [0.5, 0.6) is 0 Å². The number of carbonyl (C=O) groups is 2. The van der Waals surface area contributed by atoms with Gasteiger partial charge in [0, 0.05) is 18.9 Å². The van der Waals surface area contributed by atoms with Crippen LogP contribution in [-0.2, 0) is 20.7 Å². The zero-order valence-electron chi connectivity index (χ0n) is 19.9. The minimum Gasteiger partial charge on any atom is -0.473 e. The van der Waals surface area contributed by atoms with Gasteiger partial charge in [-0.3, -0.25) is 0 Å². The molecule has 2 N–H and O–H groups in total. The lowest BCUT2D eigenvalue weighted by Crippen LogP contribution is -2.31. The first-order valence-corrected chi connectivity index (χ1v) is 13.5. The first kappa shape index (κ1) is 26.5. The van der Waals surface area contributed by atoms with E-state index in [1.54, 1.807) is 0 Å². The van der Waals surface area contributed by atoms with Gasteiger partial charge in [0.2, 0.25) is 0 Å². The number of nitrogens with zero attached hydrogens (tertiary/aromatic N) is 1. The molecule has 6 nitrogen and oxygen atoms in total. The molecule has 2 saturated heterocycles. The van der Waals surface area contributed by atoms with Gasteiger partial charge in [-0.1, -0.05) is 48.9 Å². The van der Waals surface area contributed by atoms with Gasteiger partial charge in [0.1, 0.15) is 0 Å². The summed E-state index contributed by atoms with van der Waals surface area (Å²) in [5.74, 6) is -0.403. The van der Waals surface area contributed by atoms with E-state index in [9.17, 15) is 0 Å². The number of thioether (sulfide) groups is 1. The van der Waals surface area contributed by atoms with Crippen LogP contribution < -0.4 is 0 Å². The lowest BCUT2D eigenvalue weighted by molar-refractivity contribution is -0.159. The first-order chi connectivity index (χ1) is 16.5. The zero-order valence-corrected chi connectivity index (χ0v) is 20.7. The third-order valence-electron chi connectivity index (χ3n) is 6.55. The van der Waals surface area contributed by atoms with Gasteiger partial charge in [-0.25, -0.2) is 9.59 Å². The fourth-order valence-electron chi connectivity index (χ4n) is 4.82. The van der Waals surface area contributed by atoms with Gasteiger partial charge in [-0.2, -0.15) is 11.8 Å². The summed E-state index contributed by atoms with van der Waals surface area (Å²) in [5.41, 5.74) is 1.51. The maximum atomic E-state index is 9.10. The minimum absolute atomic E-state index is 0.489. The van der Waals surface area contributed by atoms with Crippen molar-refractivity contribution in [2.24, 2.45) is 5.92 Å². The second-order valence-electron chi connectivity index (χ2n) is 9.17. The van der Waals surface area contributed by atoms with Crippen molar-refractivity contribution < 1.29 is 24.5 Å². The Labute approximate surface area is 206 Å². The monoisotopic (exact) mass is 487 g/mol. The molecule has 2 aliphatic rings. The lowest BCUT2D eigenvalue weighted by Gasteiger charge is -2.26. The number of ether oxygens (including phenoxy) is 1. The number of rotatable bonds is 9. The molecule has 0 bridgehead atoms. The molecule has 0 amide bonds. The Kier molecular flexibility index (Phi) is 11.2. The van der Waals surface area contributed by atoms with Gasteiger partial charge in [0.15, 0.2) is 0 Å². The Balaban J connectivity index is 0.000000481. The number of likely N-dealkylation sites (tertiary alicyclic amines) is 1. The molecule has 2 unspecified atom stereocenters. The highest BCUT2D eigenvalue weighted by Gasteiger charge is 2.22. The molecule has 7 heteroatoms. The van der Waals surface area contributed by atoms with Crippen LogP contribution in [0.1, 0.15) is 44.1 Å². The second-order valence-corrected chi connectivity index (χ2v) is 10.3. The van der Waals surface area contributed by atoms with Gasteiger partial charge < -0.3 is 19.8 Å². The van der Waals surface area contributed by atoms with Gasteiger partial charge in [0.05, 0.1) is 6.10 Å². The van der Waals surface area contributed by atoms with Gasteiger partial charge >= 0.3 is 11.9 Å². The number of fused-ring (bicyclic) bond motifs is 1. The van der Waals surface area contributed by atoms with Crippen LogP contribution in [0.15, 0.2) is 42.5 Å². The van der Waals surface area contributed by atoms with Gasteiger partial charge in [-0.05, 0) is 79.6 Å². The summed E-state index contributed by atoms with van der Waals surface area (Å²) in [6, 6.07) is 15.6. The smallest absolute Gasteiger partial charge is 0.414 e. The maximum absolute atomic E-state index is 9.10. The van der Waals surface area contributed by atoms with Gasteiger partial charge in [0.25, 0.3) is 0 Å². The van der Waals surface area contributed by atoms with Crippen molar-refractivity contribution >= 4 is 34.5 Å². The van der Waals surface area contributed by atoms with Gasteiger partial charge in [-0.15, -0.1) is 0 Å². The van der Waals surface area contributed by atoms with Crippen molar-refractivity contribution in [1.29, 1.82) is 0 Å². The minimum atomic E-state index is -1.82. The molecule has 0 saturated carbocycles. The third kappa shape index (κ3) is 8.93. The van der Waals surface area contributed by atoms with E-state index in [1.165, 1.54) is 92.4 Å². The summed E-state index contributed by atoms with van der Waals surface area (Å²) in [6.45, 7) is 4.87. The largest absolute Gasteiger partial charge is 0.473 e. The van der Waals surface area contributed by atoms with Crippen LogP contribution >= 0.6 is 11.8 Å². The molecule has 2 aliphatic heterocycles. The molecule has 0 aromatic heterocycles. The number of hydrogen-bond donors (Lipinski definition) is 2. The predicted octanol–water partition coefficient (Wildman–Crippen LogP) is 4.94. The number of benzene rings is 2. The van der Waals surface area contributed by atoms with Crippen molar-refractivity contribution in [3.8, 4) is 0 Å². The van der Waals surface area contributed by atoms with E-state index in [0.717, 1.165) is 6.61 Å². The van der Waals surface area contributed by atoms with E-state index in [1.807, 2.05) is 0 Å². The predicted molar refractivity (Wildman–Crippen MR) is 138 cm³/mol. The van der Waals surface area contributed by atoms with Crippen LogP contribution in [0.2, 0.25) is 0 Å². The van der Waals surface area contributed by atoms with E-state index in [0.29, 0.717) is 12.0 Å². The van der Waals surface area contributed by atoms with Crippen LogP contribution in [0.3, 0.4) is 0 Å². The average molecular weight is 488 g/mol. The Hall–Kier alpha value is -2.09. The van der Waals surface area contributed by atoms with E-state index in [2.05, 4.69) is 59.1 Å². The first-order valence-electron chi connectivity index (χ1n) is 12.4. The second kappa shape index (κ2) is 14.3. The van der Waals surface area contributed by atoms with E-state index in [-0.39, 0.29) is 0 Å². The van der Waals surface area contributed by atoms with Crippen molar-refractivity contribution in [3.63, 3.8) is 0 Å². The standard InChI is InChI=1S/C25H35NOS.C2H2O4/c1-4-13-26(14-5-1)15-17-28-20-21(19-24-11-7-16-27-24)18-23-10-6-9-22-8-2-3-12-25(22)23;3-1(4)2(5)6/h2-3,6,8-10,12,21,24H,1,4-5,7,11,13-20H2;(H,3,4)(H,5,6). The van der Waals surface area contributed by atoms with Crippen LogP contribution in [0, 0.1) is 5.92 Å². The van der Waals surface area contributed by atoms with E-state index >= 15 is 0 Å². The highest BCUT2D eigenvalue weighted by Crippen LogP contribution is 2.28. The number of aliphatic carboxylic acids is 2. The van der Waals surface area contributed by atoms with Crippen molar-refractivity contribution in [2.45, 2.75) is 51.0 Å².